The Labute approximate surface area is 89.7 Å². The average molecular weight is 226 g/mol. The van der Waals surface area contributed by atoms with Crippen molar-refractivity contribution < 1.29 is 8.42 Å². The molecule has 0 spiro atoms. The molecule has 0 amide bonds. The molecule has 1 aliphatic heterocycles. The molecule has 1 aliphatic rings. The largest absolute Gasteiger partial charge is 0.385 e. The molecule has 82 valence electrons. The summed E-state index contributed by atoms with van der Waals surface area (Å²) in [6.45, 7) is 0.992. The molecule has 4 nitrogen and oxygen atoms in total. The molecule has 1 aromatic rings. The second kappa shape index (κ2) is 3.73. The fraction of sp³-hybridized carbons (Fsp3) is 0.400. The molecule has 2 rings (SSSR count). The first-order valence-electron chi connectivity index (χ1n) is 4.89. The maximum atomic E-state index is 11.0. The van der Waals surface area contributed by atoms with Crippen LogP contribution in [0, 0.1) is 0 Å². The summed E-state index contributed by atoms with van der Waals surface area (Å²) in [5, 5.41) is 3.28. The first kappa shape index (κ1) is 10.3. The molecule has 1 aromatic carbocycles. The van der Waals surface area contributed by atoms with E-state index in [-0.39, 0.29) is 0 Å². The Morgan fingerprint density at radius 3 is 2.93 bits per heavy atom. The summed E-state index contributed by atoms with van der Waals surface area (Å²) in [6.07, 6.45) is 3.25. The molecule has 0 bridgehead atoms. The normalized spacial score (nSPS) is 15.3. The summed E-state index contributed by atoms with van der Waals surface area (Å²) in [6, 6.07) is 5.59. The van der Waals surface area contributed by atoms with Crippen molar-refractivity contribution >= 4 is 21.4 Å². The van der Waals surface area contributed by atoms with Crippen molar-refractivity contribution in [2.24, 2.45) is 0 Å². The van der Waals surface area contributed by atoms with E-state index in [0.29, 0.717) is 5.69 Å². The van der Waals surface area contributed by atoms with E-state index in [9.17, 15) is 8.42 Å². The third kappa shape index (κ3) is 2.62. The molecule has 0 unspecified atom stereocenters. The van der Waals surface area contributed by atoms with Crippen LogP contribution in [-0.2, 0) is 16.4 Å². The van der Waals surface area contributed by atoms with E-state index in [0.717, 1.165) is 31.3 Å². The Bertz CT molecular complexity index is 468. The highest BCUT2D eigenvalue weighted by Gasteiger charge is 2.09. The molecule has 2 N–H and O–H groups in total. The van der Waals surface area contributed by atoms with Crippen LogP contribution in [-0.4, -0.2) is 21.2 Å². The number of anilines is 2. The highest BCUT2D eigenvalue weighted by Crippen LogP contribution is 2.25. The first-order valence-corrected chi connectivity index (χ1v) is 6.78. The lowest BCUT2D eigenvalue weighted by Gasteiger charge is -2.18. The van der Waals surface area contributed by atoms with Gasteiger partial charge in [-0.1, -0.05) is 0 Å². The van der Waals surface area contributed by atoms with Gasteiger partial charge in [0, 0.05) is 17.9 Å². The third-order valence-corrected chi connectivity index (χ3v) is 2.95. The lowest BCUT2D eigenvalue weighted by atomic mass is 10.0. The van der Waals surface area contributed by atoms with Crippen LogP contribution in [0.5, 0.6) is 0 Å². The van der Waals surface area contributed by atoms with Gasteiger partial charge in [-0.25, -0.2) is 8.42 Å². The van der Waals surface area contributed by atoms with Gasteiger partial charge >= 0.3 is 0 Å². The molecular weight excluding hydrogens is 212 g/mol. The molecule has 15 heavy (non-hydrogen) atoms. The van der Waals surface area contributed by atoms with Gasteiger partial charge in [0.25, 0.3) is 0 Å². The number of nitrogens with one attached hydrogen (secondary N) is 2. The van der Waals surface area contributed by atoms with Crippen molar-refractivity contribution in [1.29, 1.82) is 0 Å². The Morgan fingerprint density at radius 1 is 1.40 bits per heavy atom. The van der Waals surface area contributed by atoms with Crippen LogP contribution in [0.15, 0.2) is 18.2 Å². The fourth-order valence-corrected chi connectivity index (χ4v) is 2.31. The highest BCUT2D eigenvalue weighted by atomic mass is 32.2. The van der Waals surface area contributed by atoms with Crippen molar-refractivity contribution in [2.45, 2.75) is 12.8 Å². The maximum Gasteiger partial charge on any atom is 0.229 e. The van der Waals surface area contributed by atoms with Crippen molar-refractivity contribution in [2.75, 3.05) is 22.8 Å². The predicted octanol–water partition coefficient (Wildman–Crippen LogP) is 1.42. The number of hydrogen-bond donors (Lipinski definition) is 2. The van der Waals surface area contributed by atoms with E-state index < -0.39 is 10.0 Å². The maximum absolute atomic E-state index is 11.0. The third-order valence-electron chi connectivity index (χ3n) is 2.35. The summed E-state index contributed by atoms with van der Waals surface area (Å²) in [5.74, 6) is 0. The average Bonchev–Trinajstić information content (AvgIpc) is 2.15. The van der Waals surface area contributed by atoms with Gasteiger partial charge in [-0.2, -0.15) is 0 Å². The molecule has 0 saturated carbocycles. The molecular formula is C10H14N2O2S. The van der Waals surface area contributed by atoms with Crippen LogP contribution in [0.3, 0.4) is 0 Å². The highest BCUT2D eigenvalue weighted by molar-refractivity contribution is 7.92. The monoisotopic (exact) mass is 226 g/mol. The van der Waals surface area contributed by atoms with Crippen LogP contribution < -0.4 is 10.0 Å². The Morgan fingerprint density at radius 2 is 2.20 bits per heavy atom. The predicted molar refractivity (Wildman–Crippen MR) is 61.7 cm³/mol. The van der Waals surface area contributed by atoms with Crippen LogP contribution >= 0.6 is 0 Å². The summed E-state index contributed by atoms with van der Waals surface area (Å²) in [5.41, 5.74) is 2.93. The van der Waals surface area contributed by atoms with Crippen molar-refractivity contribution in [3.8, 4) is 0 Å². The molecule has 0 aliphatic carbocycles. The number of sulfonamides is 1. The zero-order valence-electron chi connectivity index (χ0n) is 8.58. The van der Waals surface area contributed by atoms with Crippen LogP contribution in [0.2, 0.25) is 0 Å². The van der Waals surface area contributed by atoms with E-state index in [2.05, 4.69) is 10.0 Å². The minimum Gasteiger partial charge on any atom is -0.385 e. The Kier molecular flexibility index (Phi) is 2.56. The molecule has 0 saturated heterocycles. The first-order chi connectivity index (χ1) is 7.04. The van der Waals surface area contributed by atoms with Gasteiger partial charge < -0.3 is 5.32 Å². The second-order valence-corrected chi connectivity index (χ2v) is 5.52. The van der Waals surface area contributed by atoms with Crippen LogP contribution in [0.1, 0.15) is 12.0 Å². The van der Waals surface area contributed by atoms with Gasteiger partial charge in [0.1, 0.15) is 0 Å². The van der Waals surface area contributed by atoms with E-state index >= 15 is 0 Å². The lowest BCUT2D eigenvalue weighted by molar-refractivity contribution is 0.607. The number of benzene rings is 1. The van der Waals surface area contributed by atoms with Crippen molar-refractivity contribution in [1.82, 2.24) is 0 Å². The van der Waals surface area contributed by atoms with Crippen LogP contribution in [0.4, 0.5) is 11.4 Å². The summed E-state index contributed by atoms with van der Waals surface area (Å²) in [4.78, 5) is 0. The topological polar surface area (TPSA) is 58.2 Å². The van der Waals surface area contributed by atoms with E-state index in [1.54, 1.807) is 6.07 Å². The van der Waals surface area contributed by atoms with Crippen molar-refractivity contribution in [3.05, 3.63) is 23.8 Å². The Balaban J connectivity index is 2.28. The summed E-state index contributed by atoms with van der Waals surface area (Å²) >= 11 is 0. The minimum atomic E-state index is -3.17. The van der Waals surface area contributed by atoms with Gasteiger partial charge in [0.15, 0.2) is 0 Å². The van der Waals surface area contributed by atoms with E-state index in [4.69, 9.17) is 0 Å². The lowest BCUT2D eigenvalue weighted by Crippen LogP contribution is -2.13. The van der Waals surface area contributed by atoms with Gasteiger partial charge in [0.05, 0.1) is 6.26 Å². The molecule has 5 heteroatoms. The zero-order valence-corrected chi connectivity index (χ0v) is 9.39. The number of fused-ring (bicyclic) bond motifs is 1. The zero-order chi connectivity index (χ0) is 10.9. The summed E-state index contributed by atoms with van der Waals surface area (Å²) in [7, 11) is -3.17. The standard InChI is InChI=1S/C10H14N2O2S/c1-15(13,14)12-9-4-5-10-8(7-9)3-2-6-11-10/h4-5,7,11-12H,2-3,6H2,1H3. The quantitative estimate of drug-likeness (QED) is 0.801. The van der Waals surface area contributed by atoms with E-state index in [1.165, 1.54) is 5.56 Å². The Hall–Kier alpha value is -1.23. The second-order valence-electron chi connectivity index (χ2n) is 3.78. The van der Waals surface area contributed by atoms with Gasteiger partial charge in [-0.05, 0) is 36.6 Å². The molecule has 0 radical (unpaired) electrons. The summed E-state index contributed by atoms with van der Waals surface area (Å²) < 4.78 is 24.6. The van der Waals surface area contributed by atoms with Crippen molar-refractivity contribution in [3.63, 3.8) is 0 Å². The molecule has 1 heterocycles. The number of aryl methyl sites for hydroxylation is 1. The van der Waals surface area contributed by atoms with E-state index in [1.807, 2.05) is 12.1 Å². The molecule has 0 atom stereocenters. The van der Waals surface area contributed by atoms with Gasteiger partial charge in [-0.3, -0.25) is 4.72 Å². The minimum absolute atomic E-state index is 0.639. The van der Waals surface area contributed by atoms with Gasteiger partial charge in [0.2, 0.25) is 10.0 Å². The fourth-order valence-electron chi connectivity index (χ4n) is 1.75. The SMILES string of the molecule is CS(=O)(=O)Nc1ccc2c(c1)CCCN2. The molecule has 0 fully saturated rings. The van der Waals surface area contributed by atoms with Gasteiger partial charge in [-0.15, -0.1) is 0 Å². The smallest absolute Gasteiger partial charge is 0.229 e. The number of hydrogen-bond acceptors (Lipinski definition) is 3. The molecule has 0 aromatic heterocycles. The van der Waals surface area contributed by atoms with Crippen LogP contribution in [0.25, 0.3) is 0 Å². The number of rotatable bonds is 2.